The highest BCUT2D eigenvalue weighted by atomic mass is 79.9. The summed E-state index contributed by atoms with van der Waals surface area (Å²) in [4.78, 5) is 4.58. The molecule has 2 aromatic rings. The van der Waals surface area contributed by atoms with Crippen LogP contribution in [0.15, 0.2) is 22.8 Å². The van der Waals surface area contributed by atoms with Gasteiger partial charge in [0.2, 0.25) is 0 Å². The van der Waals surface area contributed by atoms with Crippen molar-refractivity contribution in [3.63, 3.8) is 0 Å². The maximum atomic E-state index is 4.58. The van der Waals surface area contributed by atoms with Crippen molar-refractivity contribution in [2.24, 2.45) is 0 Å². The van der Waals surface area contributed by atoms with Crippen LogP contribution in [0.2, 0.25) is 0 Å². The van der Waals surface area contributed by atoms with Crippen LogP contribution in [-0.4, -0.2) is 27.7 Å². The Kier molecular flexibility index (Phi) is 2.65. The predicted molar refractivity (Wildman–Crippen MR) is 65.5 cm³/mol. The van der Waals surface area contributed by atoms with Crippen LogP contribution in [0.5, 0.6) is 0 Å². The Morgan fingerprint density at radius 1 is 1.31 bits per heavy atom. The van der Waals surface area contributed by atoms with Crippen molar-refractivity contribution in [3.8, 4) is 0 Å². The van der Waals surface area contributed by atoms with E-state index >= 15 is 0 Å². The van der Waals surface area contributed by atoms with E-state index in [9.17, 15) is 0 Å². The van der Waals surface area contributed by atoms with E-state index in [4.69, 9.17) is 0 Å². The van der Waals surface area contributed by atoms with Crippen molar-refractivity contribution < 1.29 is 0 Å². The molecule has 4 nitrogen and oxygen atoms in total. The highest BCUT2D eigenvalue weighted by Gasteiger charge is 2.19. The fourth-order valence-electron chi connectivity index (χ4n) is 2.13. The largest absolute Gasteiger partial charge is 0.317 e. The van der Waals surface area contributed by atoms with Crippen molar-refractivity contribution in [2.75, 3.05) is 13.1 Å². The van der Waals surface area contributed by atoms with Gasteiger partial charge in [0.15, 0.2) is 11.5 Å². The summed E-state index contributed by atoms with van der Waals surface area (Å²) in [5.41, 5.74) is 0.928. The molecule has 3 rings (SSSR count). The SMILES string of the molecule is Brc1ccc2nc(C3CCNCC3)nn2c1. The Morgan fingerprint density at radius 3 is 2.94 bits per heavy atom. The zero-order valence-corrected chi connectivity index (χ0v) is 10.4. The monoisotopic (exact) mass is 280 g/mol. The van der Waals surface area contributed by atoms with E-state index in [1.54, 1.807) is 0 Å². The minimum Gasteiger partial charge on any atom is -0.317 e. The Bertz CT molecular complexity index is 502. The molecule has 2 aromatic heterocycles. The molecule has 5 heteroatoms. The predicted octanol–water partition coefficient (Wildman–Crippen LogP) is 1.96. The molecule has 1 aliphatic rings. The van der Waals surface area contributed by atoms with E-state index < -0.39 is 0 Å². The van der Waals surface area contributed by atoms with Crippen molar-refractivity contribution >= 4 is 21.6 Å². The van der Waals surface area contributed by atoms with Gasteiger partial charge in [0.05, 0.1) is 0 Å². The maximum absolute atomic E-state index is 4.58. The molecule has 0 aliphatic carbocycles. The summed E-state index contributed by atoms with van der Waals surface area (Å²) >= 11 is 3.44. The number of halogens is 1. The average molecular weight is 281 g/mol. The zero-order chi connectivity index (χ0) is 11.0. The van der Waals surface area contributed by atoms with Gasteiger partial charge in [-0.3, -0.25) is 0 Å². The number of hydrogen-bond donors (Lipinski definition) is 1. The third kappa shape index (κ3) is 1.85. The van der Waals surface area contributed by atoms with Crippen LogP contribution in [0.25, 0.3) is 5.65 Å². The summed E-state index contributed by atoms with van der Waals surface area (Å²) in [5, 5.41) is 7.90. The first-order chi connectivity index (χ1) is 7.83. The average Bonchev–Trinajstić information content (AvgIpc) is 2.73. The van der Waals surface area contributed by atoms with Crippen LogP contribution in [-0.2, 0) is 0 Å². The molecule has 1 saturated heterocycles. The number of nitrogens with zero attached hydrogens (tertiary/aromatic N) is 3. The molecule has 1 N–H and O–H groups in total. The molecule has 0 amide bonds. The normalized spacial score (nSPS) is 18.1. The Morgan fingerprint density at radius 2 is 2.12 bits per heavy atom. The van der Waals surface area contributed by atoms with Crippen LogP contribution in [0.3, 0.4) is 0 Å². The van der Waals surface area contributed by atoms with Gasteiger partial charge >= 0.3 is 0 Å². The maximum Gasteiger partial charge on any atom is 0.155 e. The van der Waals surface area contributed by atoms with Crippen molar-refractivity contribution in [1.29, 1.82) is 0 Å². The van der Waals surface area contributed by atoms with Crippen molar-refractivity contribution in [3.05, 3.63) is 28.6 Å². The van der Waals surface area contributed by atoms with Gasteiger partial charge in [0.25, 0.3) is 0 Å². The number of rotatable bonds is 1. The van der Waals surface area contributed by atoms with Crippen molar-refractivity contribution in [2.45, 2.75) is 18.8 Å². The second-order valence-electron chi connectivity index (χ2n) is 4.14. The molecule has 0 bridgehead atoms. The minimum absolute atomic E-state index is 0.514. The van der Waals surface area contributed by atoms with E-state index in [0.717, 1.165) is 41.9 Å². The lowest BCUT2D eigenvalue weighted by atomic mass is 9.98. The standard InChI is InChI=1S/C11H13BrN4/c12-9-1-2-10-14-11(15-16(10)7-9)8-3-5-13-6-4-8/h1-2,7-8,13H,3-6H2. The highest BCUT2D eigenvalue weighted by Crippen LogP contribution is 2.23. The highest BCUT2D eigenvalue weighted by molar-refractivity contribution is 9.10. The second-order valence-corrected chi connectivity index (χ2v) is 5.06. The van der Waals surface area contributed by atoms with Gasteiger partial charge in [0, 0.05) is 16.6 Å². The van der Waals surface area contributed by atoms with E-state index in [1.165, 1.54) is 0 Å². The van der Waals surface area contributed by atoms with Crippen LogP contribution < -0.4 is 5.32 Å². The zero-order valence-electron chi connectivity index (χ0n) is 8.86. The van der Waals surface area contributed by atoms with E-state index in [-0.39, 0.29) is 0 Å². The third-order valence-corrected chi connectivity index (χ3v) is 3.48. The van der Waals surface area contributed by atoms with E-state index in [2.05, 4.69) is 31.3 Å². The molecule has 0 spiro atoms. The lowest BCUT2D eigenvalue weighted by Gasteiger charge is -2.19. The molecule has 0 aromatic carbocycles. The lowest BCUT2D eigenvalue weighted by Crippen LogP contribution is -2.27. The first kappa shape index (κ1) is 10.2. The molecule has 84 valence electrons. The quantitative estimate of drug-likeness (QED) is 0.869. The Balaban J connectivity index is 1.97. The summed E-state index contributed by atoms with van der Waals surface area (Å²) in [6.07, 6.45) is 4.23. The van der Waals surface area contributed by atoms with Gasteiger partial charge < -0.3 is 5.32 Å². The number of piperidine rings is 1. The minimum atomic E-state index is 0.514. The van der Waals surface area contributed by atoms with E-state index in [0.29, 0.717) is 5.92 Å². The molecule has 0 radical (unpaired) electrons. The summed E-state index contributed by atoms with van der Waals surface area (Å²) in [7, 11) is 0. The number of pyridine rings is 1. The van der Waals surface area contributed by atoms with Crippen LogP contribution >= 0.6 is 15.9 Å². The molecular weight excluding hydrogens is 268 g/mol. The molecular formula is C11H13BrN4. The molecule has 1 aliphatic heterocycles. The van der Waals surface area contributed by atoms with Crippen LogP contribution in [0.1, 0.15) is 24.6 Å². The topological polar surface area (TPSA) is 42.2 Å². The summed E-state index contributed by atoms with van der Waals surface area (Å²) < 4.78 is 2.88. The number of aromatic nitrogens is 3. The molecule has 0 unspecified atom stereocenters. The van der Waals surface area contributed by atoms with E-state index in [1.807, 2.05) is 22.8 Å². The summed E-state index contributed by atoms with van der Waals surface area (Å²) in [6, 6.07) is 3.98. The lowest BCUT2D eigenvalue weighted by molar-refractivity contribution is 0.445. The molecule has 1 fully saturated rings. The van der Waals surface area contributed by atoms with Gasteiger partial charge in [-0.05, 0) is 54.0 Å². The van der Waals surface area contributed by atoms with Crippen LogP contribution in [0.4, 0.5) is 0 Å². The first-order valence-corrected chi connectivity index (χ1v) is 6.35. The van der Waals surface area contributed by atoms with Gasteiger partial charge in [-0.25, -0.2) is 9.50 Å². The van der Waals surface area contributed by atoms with Crippen LogP contribution in [0, 0.1) is 0 Å². The molecule has 3 heterocycles. The van der Waals surface area contributed by atoms with Crippen molar-refractivity contribution in [1.82, 2.24) is 19.9 Å². The number of hydrogen-bond acceptors (Lipinski definition) is 3. The fraction of sp³-hybridized carbons (Fsp3) is 0.455. The van der Waals surface area contributed by atoms with Gasteiger partial charge in [-0.1, -0.05) is 0 Å². The van der Waals surface area contributed by atoms with Gasteiger partial charge in [0.1, 0.15) is 0 Å². The molecule has 0 atom stereocenters. The molecule has 0 saturated carbocycles. The fourth-order valence-corrected chi connectivity index (χ4v) is 2.45. The summed E-state index contributed by atoms with van der Waals surface area (Å²) in [5.74, 6) is 1.50. The molecule has 16 heavy (non-hydrogen) atoms. The van der Waals surface area contributed by atoms with Gasteiger partial charge in [-0.2, -0.15) is 5.10 Å². The third-order valence-electron chi connectivity index (χ3n) is 3.02. The second kappa shape index (κ2) is 4.14. The Hall–Kier alpha value is -0.940. The number of fused-ring (bicyclic) bond motifs is 1. The van der Waals surface area contributed by atoms with Gasteiger partial charge in [-0.15, -0.1) is 0 Å². The first-order valence-electron chi connectivity index (χ1n) is 5.55. The Labute approximate surface area is 102 Å². The smallest absolute Gasteiger partial charge is 0.155 e. The number of nitrogens with one attached hydrogen (secondary N) is 1. The summed E-state index contributed by atoms with van der Waals surface area (Å²) in [6.45, 7) is 2.15.